The molecule has 2 aromatic rings. The lowest BCUT2D eigenvalue weighted by Crippen LogP contribution is -2.46. The largest absolute Gasteiger partial charge is 0.390 e. The lowest BCUT2D eigenvalue weighted by molar-refractivity contribution is -0.206. The van der Waals surface area contributed by atoms with Crippen molar-refractivity contribution < 1.29 is 23.7 Å². The van der Waals surface area contributed by atoms with E-state index in [9.17, 15) is 14.3 Å². The molecule has 9 nitrogen and oxygen atoms in total. The number of anilines is 1. The molecule has 0 saturated carbocycles. The number of nitrogens with one attached hydrogen (secondary N) is 1. The van der Waals surface area contributed by atoms with Gasteiger partial charge in [-0.25, -0.2) is 13.8 Å². The van der Waals surface area contributed by atoms with Gasteiger partial charge in [-0.2, -0.15) is 4.98 Å². The van der Waals surface area contributed by atoms with Crippen LogP contribution in [-0.4, -0.2) is 54.0 Å². The second-order valence-electron chi connectivity index (χ2n) is 5.12. The van der Waals surface area contributed by atoms with Crippen molar-refractivity contribution in [3.8, 4) is 0 Å². The summed E-state index contributed by atoms with van der Waals surface area (Å²) in [5.74, 6) is -3.32. The molecule has 0 amide bonds. The summed E-state index contributed by atoms with van der Waals surface area (Å²) < 4.78 is 35.2. The molecule has 1 saturated heterocycles. The smallest absolute Gasteiger partial charge is 0.280 e. The number of aromatic amines is 1. The third kappa shape index (κ3) is 1.97. The van der Waals surface area contributed by atoms with Crippen LogP contribution in [0.15, 0.2) is 23.8 Å². The maximum Gasteiger partial charge on any atom is 0.280 e. The first-order valence-corrected chi connectivity index (χ1v) is 6.47. The summed E-state index contributed by atoms with van der Waals surface area (Å²) in [7, 11) is 0. The zero-order chi connectivity index (χ0) is 17.0. The number of alkyl halides is 2. The number of hydrogen-bond acceptors (Lipinski definition) is 7. The van der Waals surface area contributed by atoms with Crippen LogP contribution in [0.2, 0.25) is 0 Å². The molecule has 1 aliphatic heterocycles. The number of nitrogen functional groups attached to an aromatic ring is 1. The zero-order valence-corrected chi connectivity index (χ0v) is 11.6. The predicted octanol–water partition coefficient (Wildman–Crippen LogP) is -0.856. The number of imidazole rings is 1. The van der Waals surface area contributed by atoms with Crippen molar-refractivity contribution in [2.75, 3.05) is 12.3 Å². The fourth-order valence-electron chi connectivity index (χ4n) is 2.53. The lowest BCUT2D eigenvalue weighted by atomic mass is 9.95. The van der Waals surface area contributed by atoms with E-state index in [0.29, 0.717) is 6.08 Å². The topological polar surface area (TPSA) is 139 Å². The molecule has 1 aliphatic rings. The number of halogens is 2. The molecule has 23 heavy (non-hydrogen) atoms. The summed E-state index contributed by atoms with van der Waals surface area (Å²) >= 11 is 0. The highest BCUT2D eigenvalue weighted by Gasteiger charge is 2.65. The molecule has 0 bridgehead atoms. The molecule has 2 aromatic heterocycles. The molecule has 124 valence electrons. The van der Waals surface area contributed by atoms with Gasteiger partial charge in [-0.05, 0) is 6.08 Å². The molecule has 0 aliphatic carbocycles. The van der Waals surface area contributed by atoms with Gasteiger partial charge in [0.05, 0.1) is 6.33 Å². The van der Waals surface area contributed by atoms with Gasteiger partial charge >= 0.3 is 0 Å². The SMILES string of the molecule is C=C[C@]1(F)[C@H](n2cnc3c(=O)[nH]c(N)nc32)O[C@](F)(CO)[C@H]1O. The van der Waals surface area contributed by atoms with Gasteiger partial charge < -0.3 is 20.7 Å². The Bertz CT molecular complexity index is 838. The second-order valence-corrected chi connectivity index (χ2v) is 5.12. The van der Waals surface area contributed by atoms with Gasteiger partial charge in [0.2, 0.25) is 11.6 Å². The number of aliphatic hydroxyl groups is 2. The van der Waals surface area contributed by atoms with Crippen LogP contribution >= 0.6 is 0 Å². The number of hydrogen-bond donors (Lipinski definition) is 4. The average Bonchev–Trinajstić information content (AvgIpc) is 3.01. The van der Waals surface area contributed by atoms with Gasteiger partial charge in [0.1, 0.15) is 6.61 Å². The van der Waals surface area contributed by atoms with Crippen molar-refractivity contribution in [1.82, 2.24) is 19.5 Å². The van der Waals surface area contributed by atoms with Crippen LogP contribution in [0.25, 0.3) is 11.2 Å². The van der Waals surface area contributed by atoms with Crippen LogP contribution in [0.1, 0.15) is 6.23 Å². The first-order chi connectivity index (χ1) is 10.8. The Morgan fingerprint density at radius 3 is 2.91 bits per heavy atom. The van der Waals surface area contributed by atoms with Crippen LogP contribution in [0.4, 0.5) is 14.7 Å². The monoisotopic (exact) mass is 329 g/mol. The van der Waals surface area contributed by atoms with E-state index >= 15 is 4.39 Å². The normalized spacial score (nSPS) is 34.1. The number of rotatable bonds is 3. The molecule has 11 heteroatoms. The Labute approximate surface area is 127 Å². The number of fused-ring (bicyclic) bond motifs is 1. The minimum absolute atomic E-state index is 0.172. The average molecular weight is 329 g/mol. The standard InChI is InChI=1S/C12H13F2N5O4/c1-2-11(13)8(22)12(14,3-20)23-9(11)19-4-16-5-6(19)17-10(15)18-7(5)21/h2,4,8-9,20,22H,1,3H2,(H3,15,17,18,21)/t8-,9+,11+,12+/m0/s1. The minimum atomic E-state index is -3.06. The number of aromatic nitrogens is 4. The molecule has 0 unspecified atom stereocenters. The molecule has 0 aromatic carbocycles. The first kappa shape index (κ1) is 15.5. The second kappa shape index (κ2) is 4.81. The van der Waals surface area contributed by atoms with Crippen molar-refractivity contribution in [3.63, 3.8) is 0 Å². The van der Waals surface area contributed by atoms with Gasteiger partial charge in [0, 0.05) is 0 Å². The fraction of sp³-hybridized carbons (Fsp3) is 0.417. The van der Waals surface area contributed by atoms with E-state index in [0.717, 1.165) is 10.9 Å². The van der Waals surface area contributed by atoms with Crippen molar-refractivity contribution in [3.05, 3.63) is 29.3 Å². The fourth-order valence-corrected chi connectivity index (χ4v) is 2.53. The summed E-state index contributed by atoms with van der Waals surface area (Å²) in [6.45, 7) is 1.95. The molecule has 5 N–H and O–H groups in total. The van der Waals surface area contributed by atoms with E-state index < -0.39 is 36.0 Å². The van der Waals surface area contributed by atoms with Gasteiger partial charge in [-0.1, -0.05) is 6.58 Å². The number of nitrogens with two attached hydrogens (primary N) is 1. The van der Waals surface area contributed by atoms with Crippen molar-refractivity contribution in [2.45, 2.75) is 23.9 Å². The molecule has 4 atom stereocenters. The maximum absolute atomic E-state index is 15.0. The lowest BCUT2D eigenvalue weighted by Gasteiger charge is -2.25. The number of H-pyrrole nitrogens is 1. The number of ether oxygens (including phenoxy) is 1. The summed E-state index contributed by atoms with van der Waals surface area (Å²) in [6.07, 6.45) is -2.50. The third-order valence-electron chi connectivity index (χ3n) is 3.75. The van der Waals surface area contributed by atoms with E-state index in [1.54, 1.807) is 0 Å². The molecule has 0 spiro atoms. The summed E-state index contributed by atoms with van der Waals surface area (Å²) in [5, 5.41) is 18.9. The molecular formula is C12H13F2N5O4. The molecule has 3 heterocycles. The van der Waals surface area contributed by atoms with Crippen LogP contribution in [0, 0.1) is 0 Å². The third-order valence-corrected chi connectivity index (χ3v) is 3.75. The Morgan fingerprint density at radius 2 is 2.30 bits per heavy atom. The highest BCUT2D eigenvalue weighted by Crippen LogP contribution is 2.48. The highest BCUT2D eigenvalue weighted by molar-refractivity contribution is 5.70. The Balaban J connectivity index is 2.22. The minimum Gasteiger partial charge on any atom is -0.390 e. The van der Waals surface area contributed by atoms with E-state index in [2.05, 4.69) is 21.5 Å². The quantitative estimate of drug-likeness (QED) is 0.537. The van der Waals surface area contributed by atoms with Gasteiger partial charge in [-0.3, -0.25) is 14.3 Å². The summed E-state index contributed by atoms with van der Waals surface area (Å²) in [5.41, 5.74) is 1.60. The van der Waals surface area contributed by atoms with Gasteiger partial charge in [0.15, 0.2) is 23.5 Å². The molecule has 3 rings (SSSR count). The van der Waals surface area contributed by atoms with Crippen LogP contribution in [-0.2, 0) is 4.74 Å². The van der Waals surface area contributed by atoms with Crippen molar-refractivity contribution >= 4 is 17.1 Å². The van der Waals surface area contributed by atoms with Gasteiger partial charge in [0.25, 0.3) is 11.4 Å². The Morgan fingerprint density at radius 1 is 1.61 bits per heavy atom. The van der Waals surface area contributed by atoms with Crippen molar-refractivity contribution in [1.29, 1.82) is 0 Å². The van der Waals surface area contributed by atoms with E-state index in [-0.39, 0.29) is 17.1 Å². The zero-order valence-electron chi connectivity index (χ0n) is 11.6. The molecule has 1 fully saturated rings. The maximum atomic E-state index is 15.0. The first-order valence-electron chi connectivity index (χ1n) is 6.47. The van der Waals surface area contributed by atoms with E-state index in [1.165, 1.54) is 0 Å². The summed E-state index contributed by atoms with van der Waals surface area (Å²) in [4.78, 5) is 21.5. The van der Waals surface area contributed by atoms with E-state index in [1.807, 2.05) is 0 Å². The van der Waals surface area contributed by atoms with Crippen LogP contribution in [0.5, 0.6) is 0 Å². The molecular weight excluding hydrogens is 316 g/mol. The number of nitrogens with zero attached hydrogens (tertiary/aromatic N) is 3. The van der Waals surface area contributed by atoms with Gasteiger partial charge in [-0.15, -0.1) is 0 Å². The summed E-state index contributed by atoms with van der Waals surface area (Å²) in [6, 6.07) is 0. The highest BCUT2D eigenvalue weighted by atomic mass is 19.2. The van der Waals surface area contributed by atoms with Crippen LogP contribution in [0.3, 0.4) is 0 Å². The predicted molar refractivity (Wildman–Crippen MR) is 73.7 cm³/mol. The molecule has 0 radical (unpaired) electrons. The van der Waals surface area contributed by atoms with E-state index in [4.69, 9.17) is 15.6 Å². The Kier molecular flexibility index (Phi) is 3.25. The Hall–Kier alpha value is -2.37. The van der Waals surface area contributed by atoms with Crippen molar-refractivity contribution in [2.24, 2.45) is 0 Å². The van der Waals surface area contributed by atoms with Crippen LogP contribution < -0.4 is 11.3 Å². The number of aliphatic hydroxyl groups excluding tert-OH is 2.